The van der Waals surface area contributed by atoms with Crippen LogP contribution in [0.3, 0.4) is 0 Å². The lowest BCUT2D eigenvalue weighted by Crippen LogP contribution is -2.44. The van der Waals surface area contributed by atoms with E-state index in [2.05, 4.69) is 29.5 Å². The van der Waals surface area contributed by atoms with E-state index >= 15 is 0 Å². The van der Waals surface area contributed by atoms with Crippen molar-refractivity contribution in [2.45, 2.75) is 62.9 Å². The first-order valence-corrected chi connectivity index (χ1v) is 13.0. The highest BCUT2D eigenvalue weighted by molar-refractivity contribution is 8.14. The van der Waals surface area contributed by atoms with Crippen LogP contribution >= 0.6 is 23.5 Å². The molecule has 1 aromatic carbocycles. The van der Waals surface area contributed by atoms with Crippen LogP contribution in [0.5, 0.6) is 0 Å². The summed E-state index contributed by atoms with van der Waals surface area (Å²) in [7, 11) is 0. The molecular weight excluding hydrogens is 430 g/mol. The zero-order chi connectivity index (χ0) is 22.2. The molecule has 31 heavy (non-hydrogen) atoms. The number of carbonyl (C=O) groups excluding carboxylic acids is 2. The Bertz CT molecular complexity index is 773. The van der Waals surface area contributed by atoms with Gasteiger partial charge in [0.05, 0.1) is 23.7 Å². The summed E-state index contributed by atoms with van der Waals surface area (Å²) in [6, 6.07) is 9.01. The molecule has 0 fully saturated rings. The number of aliphatic imine (C=N–C) groups is 1. The summed E-state index contributed by atoms with van der Waals surface area (Å²) >= 11 is 3.21. The average Bonchev–Trinajstić information content (AvgIpc) is 3.24. The van der Waals surface area contributed by atoms with E-state index in [4.69, 9.17) is 0 Å². The molecule has 2 aliphatic heterocycles. The highest BCUT2D eigenvalue weighted by Crippen LogP contribution is 2.26. The summed E-state index contributed by atoms with van der Waals surface area (Å²) in [5.74, 6) is 1.58. The number of nitrogens with one attached hydrogen (secondary N) is 2. The molecule has 0 saturated carbocycles. The van der Waals surface area contributed by atoms with E-state index in [1.54, 1.807) is 23.5 Å². The lowest BCUT2D eigenvalue weighted by molar-refractivity contribution is -0.122. The summed E-state index contributed by atoms with van der Waals surface area (Å²) in [4.78, 5) is 30.4. The molecule has 4 atom stereocenters. The van der Waals surface area contributed by atoms with Gasteiger partial charge in [0, 0.05) is 23.2 Å². The molecule has 0 aromatic heterocycles. The number of benzene rings is 1. The number of aliphatic hydroxyl groups excluding tert-OH is 1. The predicted molar refractivity (Wildman–Crippen MR) is 130 cm³/mol. The highest BCUT2D eigenvalue weighted by atomic mass is 32.2. The minimum absolute atomic E-state index is 0.0213. The Hall–Kier alpha value is -1.51. The van der Waals surface area contributed by atoms with Gasteiger partial charge in [-0.2, -0.15) is 11.8 Å². The van der Waals surface area contributed by atoms with Crippen molar-refractivity contribution in [2.24, 2.45) is 10.9 Å². The van der Waals surface area contributed by atoms with Gasteiger partial charge in [0.15, 0.2) is 0 Å². The number of carbonyl (C=O) groups is 2. The predicted octanol–water partition coefficient (Wildman–Crippen LogP) is 2.65. The molecule has 2 heterocycles. The topological polar surface area (TPSA) is 90.8 Å². The first-order valence-electron chi connectivity index (χ1n) is 11.0. The van der Waals surface area contributed by atoms with Gasteiger partial charge in [0.2, 0.25) is 11.8 Å². The zero-order valence-electron chi connectivity index (χ0n) is 18.3. The molecule has 0 spiro atoms. The SMILES string of the molecule is CC(C)CC[C@H]1CC(=O)N[C@@H](Cc2ccccc2)C2=N[C@H](CS2)C(=O)N[C@H](CO)CS1. The number of fused-ring (bicyclic) bond motifs is 1. The Morgan fingerprint density at radius 3 is 2.65 bits per heavy atom. The lowest BCUT2D eigenvalue weighted by Gasteiger charge is -2.23. The Morgan fingerprint density at radius 1 is 1.16 bits per heavy atom. The maximum Gasteiger partial charge on any atom is 0.246 e. The fraction of sp³-hybridized carbons (Fsp3) is 0.609. The molecule has 3 N–H and O–H groups in total. The largest absolute Gasteiger partial charge is 0.394 e. The molecular formula is C23H33N3O3S2. The third-order valence-corrected chi connectivity index (χ3v) is 8.11. The highest BCUT2D eigenvalue weighted by Gasteiger charge is 2.32. The fourth-order valence-corrected chi connectivity index (χ4v) is 6.05. The standard InChI is InChI=1S/C23H33N3O3S2/c1-15(2)8-9-18-11-21(28)25-19(10-16-6-4-3-5-7-16)23-26-20(14-31-23)22(29)24-17(12-27)13-30-18/h3-7,15,17-20,27H,8-14H2,1-2H3,(H,24,29)(H,25,28)/t17-,18+,19+,20-/m1/s1. The molecule has 0 aliphatic carbocycles. The smallest absolute Gasteiger partial charge is 0.246 e. The monoisotopic (exact) mass is 463 g/mol. The fourth-order valence-electron chi connectivity index (χ4n) is 3.68. The van der Waals surface area contributed by atoms with Crippen LogP contribution in [0.25, 0.3) is 0 Å². The molecule has 2 aliphatic rings. The van der Waals surface area contributed by atoms with E-state index in [9.17, 15) is 14.7 Å². The molecule has 2 bridgehead atoms. The molecule has 8 heteroatoms. The third-order valence-electron chi connectivity index (χ3n) is 5.47. The second-order valence-corrected chi connectivity index (χ2v) is 11.0. The van der Waals surface area contributed by atoms with Crippen molar-refractivity contribution < 1.29 is 14.7 Å². The second kappa shape index (κ2) is 11.9. The summed E-state index contributed by atoms with van der Waals surface area (Å²) in [5, 5.41) is 16.9. The average molecular weight is 464 g/mol. The van der Waals surface area contributed by atoms with Gasteiger partial charge in [-0.05, 0) is 30.7 Å². The van der Waals surface area contributed by atoms with Crippen LogP contribution in [0.4, 0.5) is 0 Å². The summed E-state index contributed by atoms with van der Waals surface area (Å²) < 4.78 is 0. The molecule has 2 amide bonds. The number of nitrogens with zero attached hydrogens (tertiary/aromatic N) is 1. The number of hydrogen-bond donors (Lipinski definition) is 3. The first kappa shape index (κ1) is 24.1. The minimum Gasteiger partial charge on any atom is -0.394 e. The van der Waals surface area contributed by atoms with E-state index in [0.717, 1.165) is 23.4 Å². The number of rotatable bonds is 6. The minimum atomic E-state index is -0.480. The van der Waals surface area contributed by atoms with E-state index in [0.29, 0.717) is 30.3 Å². The van der Waals surface area contributed by atoms with Crippen molar-refractivity contribution in [1.82, 2.24) is 10.6 Å². The van der Waals surface area contributed by atoms with Crippen molar-refractivity contribution in [1.29, 1.82) is 0 Å². The van der Waals surface area contributed by atoms with Crippen molar-refractivity contribution in [2.75, 3.05) is 18.1 Å². The van der Waals surface area contributed by atoms with Gasteiger partial charge < -0.3 is 15.7 Å². The van der Waals surface area contributed by atoms with Gasteiger partial charge in [-0.3, -0.25) is 14.6 Å². The van der Waals surface area contributed by atoms with Crippen LogP contribution in [0.15, 0.2) is 35.3 Å². The van der Waals surface area contributed by atoms with Crippen molar-refractivity contribution >= 4 is 40.4 Å². The van der Waals surface area contributed by atoms with Gasteiger partial charge in [-0.25, -0.2) is 0 Å². The second-order valence-electron chi connectivity index (χ2n) is 8.62. The number of hydrogen-bond acceptors (Lipinski definition) is 6. The van der Waals surface area contributed by atoms with Crippen LogP contribution < -0.4 is 10.6 Å². The molecule has 0 radical (unpaired) electrons. The van der Waals surface area contributed by atoms with Crippen molar-refractivity contribution in [3.05, 3.63) is 35.9 Å². The first-order chi connectivity index (χ1) is 14.9. The Kier molecular flexibility index (Phi) is 9.29. The van der Waals surface area contributed by atoms with Crippen molar-refractivity contribution in [3.63, 3.8) is 0 Å². The number of thioether (sulfide) groups is 2. The Labute approximate surface area is 193 Å². The third kappa shape index (κ3) is 7.54. The van der Waals surface area contributed by atoms with Gasteiger partial charge in [0.25, 0.3) is 0 Å². The summed E-state index contributed by atoms with van der Waals surface area (Å²) in [6.07, 6.45) is 3.05. The van der Waals surface area contributed by atoms with Gasteiger partial charge in [-0.1, -0.05) is 44.2 Å². The maximum absolute atomic E-state index is 13.0. The maximum atomic E-state index is 13.0. The van der Waals surface area contributed by atoms with E-state index in [1.807, 2.05) is 30.3 Å². The molecule has 0 unspecified atom stereocenters. The van der Waals surface area contributed by atoms with E-state index < -0.39 is 6.04 Å². The van der Waals surface area contributed by atoms with Crippen molar-refractivity contribution in [3.8, 4) is 0 Å². The van der Waals surface area contributed by atoms with E-state index in [-0.39, 0.29) is 35.8 Å². The van der Waals surface area contributed by atoms with Crippen LogP contribution in [0.1, 0.15) is 38.7 Å². The number of aliphatic hydroxyl groups is 1. The molecule has 0 saturated heterocycles. The van der Waals surface area contributed by atoms with Gasteiger partial charge in [0.1, 0.15) is 6.04 Å². The summed E-state index contributed by atoms with van der Waals surface area (Å²) in [5.41, 5.74) is 1.12. The molecule has 170 valence electrons. The van der Waals surface area contributed by atoms with E-state index in [1.165, 1.54) is 0 Å². The number of amides is 2. The quantitative estimate of drug-likeness (QED) is 0.603. The summed E-state index contributed by atoms with van der Waals surface area (Å²) in [6.45, 7) is 4.25. The zero-order valence-corrected chi connectivity index (χ0v) is 19.9. The van der Waals surface area contributed by atoms with Gasteiger partial charge >= 0.3 is 0 Å². The Balaban J connectivity index is 1.81. The molecule has 1 aromatic rings. The normalized spacial score (nSPS) is 27.5. The van der Waals surface area contributed by atoms with Crippen LogP contribution in [0, 0.1) is 5.92 Å². The lowest BCUT2D eigenvalue weighted by atomic mass is 10.0. The Morgan fingerprint density at radius 2 is 1.94 bits per heavy atom. The van der Waals surface area contributed by atoms with Gasteiger partial charge in [-0.15, -0.1) is 11.8 Å². The molecule has 3 rings (SSSR count). The van der Waals surface area contributed by atoms with Crippen LogP contribution in [0.2, 0.25) is 0 Å². The molecule has 6 nitrogen and oxygen atoms in total. The van der Waals surface area contributed by atoms with Crippen LogP contribution in [-0.2, 0) is 16.0 Å². The van der Waals surface area contributed by atoms with Crippen LogP contribution in [-0.4, -0.2) is 63.5 Å².